The molecule has 0 heterocycles. The molecule has 0 bridgehead atoms. The number of hydrogen-bond donors (Lipinski definition) is 2. The second-order valence-corrected chi connectivity index (χ2v) is 4.03. The topological polar surface area (TPSA) is 50.4 Å². The van der Waals surface area contributed by atoms with Crippen molar-refractivity contribution in [1.29, 1.82) is 0 Å². The molecule has 2 unspecified atom stereocenters. The number of amides is 1. The number of rotatable bonds is 5. The van der Waals surface area contributed by atoms with E-state index in [0.29, 0.717) is 5.56 Å². The van der Waals surface area contributed by atoms with Crippen LogP contribution >= 0.6 is 0 Å². The molecule has 2 atom stereocenters. The van der Waals surface area contributed by atoms with Crippen molar-refractivity contribution < 1.29 is 9.53 Å². The van der Waals surface area contributed by atoms with E-state index in [4.69, 9.17) is 4.74 Å². The second-order valence-electron chi connectivity index (χ2n) is 4.03. The smallest absolute Gasteiger partial charge is 0.251 e. The molecule has 0 aliphatic carbocycles. The molecule has 0 radical (unpaired) electrons. The minimum atomic E-state index is -0.0823. The lowest BCUT2D eigenvalue weighted by Crippen LogP contribution is -2.29. The molecule has 0 spiro atoms. The van der Waals surface area contributed by atoms with E-state index in [9.17, 15) is 4.79 Å². The zero-order valence-corrected chi connectivity index (χ0v) is 10.8. The summed E-state index contributed by atoms with van der Waals surface area (Å²) in [6, 6.07) is 7.59. The molecule has 4 heteroatoms. The summed E-state index contributed by atoms with van der Waals surface area (Å²) in [7, 11) is 3.31. The number of methoxy groups -OCH3 is 1. The summed E-state index contributed by atoms with van der Waals surface area (Å²) in [5.41, 5.74) is 1.57. The monoisotopic (exact) mass is 236 g/mol. The van der Waals surface area contributed by atoms with Crippen LogP contribution in [0.1, 0.15) is 24.2 Å². The van der Waals surface area contributed by atoms with Gasteiger partial charge in [-0.25, -0.2) is 0 Å². The van der Waals surface area contributed by atoms with Gasteiger partial charge in [-0.3, -0.25) is 4.79 Å². The molecule has 94 valence electrons. The van der Waals surface area contributed by atoms with E-state index >= 15 is 0 Å². The Labute approximate surface area is 102 Å². The standard InChI is InChI=1S/C13H20N2O2/c1-9(10(2)17-4)15-12-7-5-6-11(8-12)13(16)14-3/h5-10,15H,1-4H3,(H,14,16). The van der Waals surface area contributed by atoms with Crippen LogP contribution in [0.5, 0.6) is 0 Å². The molecule has 0 saturated carbocycles. The Balaban J connectivity index is 2.75. The van der Waals surface area contributed by atoms with Crippen molar-refractivity contribution in [3.63, 3.8) is 0 Å². The Morgan fingerprint density at radius 1 is 1.35 bits per heavy atom. The van der Waals surface area contributed by atoms with Gasteiger partial charge in [0, 0.05) is 31.5 Å². The Morgan fingerprint density at radius 3 is 2.65 bits per heavy atom. The van der Waals surface area contributed by atoms with Gasteiger partial charge in [0.15, 0.2) is 0 Å². The maximum Gasteiger partial charge on any atom is 0.251 e. The summed E-state index contributed by atoms with van der Waals surface area (Å²) in [5.74, 6) is -0.0823. The summed E-state index contributed by atoms with van der Waals surface area (Å²) in [5, 5.41) is 5.91. The average Bonchev–Trinajstić information content (AvgIpc) is 2.37. The summed E-state index contributed by atoms with van der Waals surface area (Å²) in [6.07, 6.45) is 0.110. The SMILES string of the molecule is CNC(=O)c1cccc(NC(C)C(C)OC)c1. The number of nitrogens with one attached hydrogen (secondary N) is 2. The van der Waals surface area contributed by atoms with E-state index < -0.39 is 0 Å². The largest absolute Gasteiger partial charge is 0.380 e. The van der Waals surface area contributed by atoms with Crippen LogP contribution in [0.4, 0.5) is 5.69 Å². The molecule has 4 nitrogen and oxygen atoms in total. The van der Waals surface area contributed by atoms with Gasteiger partial charge in [0.25, 0.3) is 5.91 Å². The number of benzene rings is 1. The zero-order chi connectivity index (χ0) is 12.8. The first-order valence-electron chi connectivity index (χ1n) is 5.70. The molecule has 0 aliphatic rings. The summed E-state index contributed by atoms with van der Waals surface area (Å²) in [4.78, 5) is 11.5. The van der Waals surface area contributed by atoms with Crippen LogP contribution in [0.3, 0.4) is 0 Å². The van der Waals surface area contributed by atoms with Crippen molar-refractivity contribution >= 4 is 11.6 Å². The van der Waals surface area contributed by atoms with Crippen LogP contribution in [-0.2, 0) is 4.74 Å². The zero-order valence-electron chi connectivity index (χ0n) is 10.8. The second kappa shape index (κ2) is 6.25. The van der Waals surface area contributed by atoms with Crippen LogP contribution in [0.2, 0.25) is 0 Å². The van der Waals surface area contributed by atoms with Gasteiger partial charge in [0.2, 0.25) is 0 Å². The average molecular weight is 236 g/mol. The number of hydrogen-bond acceptors (Lipinski definition) is 3. The van der Waals surface area contributed by atoms with Crippen molar-refractivity contribution in [2.24, 2.45) is 0 Å². The molecule has 0 aromatic heterocycles. The molecule has 1 rings (SSSR count). The molecule has 1 aromatic carbocycles. The Morgan fingerprint density at radius 2 is 2.06 bits per heavy atom. The highest BCUT2D eigenvalue weighted by atomic mass is 16.5. The van der Waals surface area contributed by atoms with Gasteiger partial charge in [-0.1, -0.05) is 6.07 Å². The lowest BCUT2D eigenvalue weighted by Gasteiger charge is -2.21. The first-order chi connectivity index (χ1) is 8.08. The highest BCUT2D eigenvalue weighted by Gasteiger charge is 2.11. The third-order valence-corrected chi connectivity index (χ3v) is 2.82. The van der Waals surface area contributed by atoms with E-state index in [2.05, 4.69) is 10.6 Å². The van der Waals surface area contributed by atoms with Gasteiger partial charge in [0.1, 0.15) is 0 Å². The van der Waals surface area contributed by atoms with Gasteiger partial charge < -0.3 is 15.4 Å². The molecular weight excluding hydrogens is 216 g/mol. The van der Waals surface area contributed by atoms with E-state index in [-0.39, 0.29) is 18.1 Å². The van der Waals surface area contributed by atoms with E-state index in [1.807, 2.05) is 32.0 Å². The number of ether oxygens (including phenoxy) is 1. The molecule has 0 aliphatic heterocycles. The van der Waals surface area contributed by atoms with Crippen molar-refractivity contribution in [2.45, 2.75) is 26.0 Å². The third-order valence-electron chi connectivity index (χ3n) is 2.82. The molecule has 17 heavy (non-hydrogen) atoms. The van der Waals surface area contributed by atoms with Gasteiger partial charge in [0.05, 0.1) is 6.10 Å². The van der Waals surface area contributed by atoms with Crippen molar-refractivity contribution in [2.75, 3.05) is 19.5 Å². The summed E-state index contributed by atoms with van der Waals surface area (Å²) >= 11 is 0. The van der Waals surface area contributed by atoms with E-state index in [1.165, 1.54) is 0 Å². The fourth-order valence-corrected chi connectivity index (χ4v) is 1.48. The molecule has 2 N–H and O–H groups in total. The predicted molar refractivity (Wildman–Crippen MR) is 69.4 cm³/mol. The lowest BCUT2D eigenvalue weighted by atomic mass is 10.1. The molecule has 0 saturated heterocycles. The number of carbonyl (C=O) groups excluding carboxylic acids is 1. The molecule has 0 fully saturated rings. The maximum atomic E-state index is 11.5. The maximum absolute atomic E-state index is 11.5. The summed E-state index contributed by atoms with van der Waals surface area (Å²) in [6.45, 7) is 4.04. The van der Waals surface area contributed by atoms with E-state index in [0.717, 1.165) is 5.69 Å². The number of anilines is 1. The fraction of sp³-hybridized carbons (Fsp3) is 0.462. The van der Waals surface area contributed by atoms with Crippen LogP contribution in [0, 0.1) is 0 Å². The minimum Gasteiger partial charge on any atom is -0.380 e. The van der Waals surface area contributed by atoms with Gasteiger partial charge in [-0.05, 0) is 32.0 Å². The van der Waals surface area contributed by atoms with Crippen LogP contribution in [0.15, 0.2) is 24.3 Å². The van der Waals surface area contributed by atoms with Gasteiger partial charge >= 0.3 is 0 Å². The van der Waals surface area contributed by atoms with Crippen molar-refractivity contribution in [3.8, 4) is 0 Å². The first kappa shape index (κ1) is 13.5. The van der Waals surface area contributed by atoms with Gasteiger partial charge in [-0.15, -0.1) is 0 Å². The van der Waals surface area contributed by atoms with Crippen molar-refractivity contribution in [1.82, 2.24) is 5.32 Å². The van der Waals surface area contributed by atoms with Crippen molar-refractivity contribution in [3.05, 3.63) is 29.8 Å². The molecular formula is C13H20N2O2. The number of carbonyl (C=O) groups is 1. The van der Waals surface area contributed by atoms with Gasteiger partial charge in [-0.2, -0.15) is 0 Å². The first-order valence-corrected chi connectivity index (χ1v) is 5.70. The summed E-state index contributed by atoms with van der Waals surface area (Å²) < 4.78 is 5.24. The molecule has 1 aromatic rings. The minimum absolute atomic E-state index is 0.0823. The fourth-order valence-electron chi connectivity index (χ4n) is 1.48. The third kappa shape index (κ3) is 3.75. The Hall–Kier alpha value is -1.55. The van der Waals surface area contributed by atoms with Crippen LogP contribution in [-0.4, -0.2) is 32.2 Å². The predicted octanol–water partition coefficient (Wildman–Crippen LogP) is 1.88. The quantitative estimate of drug-likeness (QED) is 0.820. The van der Waals surface area contributed by atoms with E-state index in [1.54, 1.807) is 20.2 Å². The highest BCUT2D eigenvalue weighted by molar-refractivity contribution is 5.94. The highest BCUT2D eigenvalue weighted by Crippen LogP contribution is 2.13. The van der Waals surface area contributed by atoms with Crippen LogP contribution < -0.4 is 10.6 Å². The Kier molecular flexibility index (Phi) is 4.97. The lowest BCUT2D eigenvalue weighted by molar-refractivity contribution is 0.0963. The Bertz CT molecular complexity index is 379. The van der Waals surface area contributed by atoms with Crippen LogP contribution in [0.25, 0.3) is 0 Å². The molecule has 1 amide bonds. The normalized spacial score (nSPS) is 13.9.